The van der Waals surface area contributed by atoms with Crippen LogP contribution in [0.1, 0.15) is 13.8 Å². The molecule has 0 saturated heterocycles. The van der Waals surface area contributed by atoms with E-state index in [4.69, 9.17) is 0 Å². The number of rotatable bonds is 1. The predicted octanol–water partition coefficient (Wildman–Crippen LogP) is 0.546. The minimum atomic E-state index is 0.0462. The first kappa shape index (κ1) is 7.46. The van der Waals surface area contributed by atoms with Gasteiger partial charge in [0.05, 0.1) is 6.34 Å². The molecule has 12 heavy (non-hydrogen) atoms. The standard InChI is InChI=1S/C8H12N4/c1-6(2)12-5-11-8-7(12)3-9-4-10-8/h3-8H,1-2H3. The van der Waals surface area contributed by atoms with Crippen molar-refractivity contribution in [2.24, 2.45) is 15.0 Å². The van der Waals surface area contributed by atoms with Crippen LogP contribution in [0, 0.1) is 0 Å². The molecule has 0 aromatic carbocycles. The summed E-state index contributed by atoms with van der Waals surface area (Å²) in [7, 11) is 0. The molecule has 0 radical (unpaired) electrons. The van der Waals surface area contributed by atoms with Crippen molar-refractivity contribution in [1.29, 1.82) is 0 Å². The molecule has 0 spiro atoms. The molecule has 0 aliphatic carbocycles. The molecule has 64 valence electrons. The van der Waals surface area contributed by atoms with Crippen LogP contribution < -0.4 is 0 Å². The van der Waals surface area contributed by atoms with E-state index in [0.717, 1.165) is 0 Å². The van der Waals surface area contributed by atoms with E-state index in [9.17, 15) is 0 Å². The van der Waals surface area contributed by atoms with E-state index in [1.54, 1.807) is 6.34 Å². The second-order valence-electron chi connectivity index (χ2n) is 3.27. The maximum Gasteiger partial charge on any atom is 0.168 e. The molecule has 4 nitrogen and oxygen atoms in total. The Kier molecular flexibility index (Phi) is 1.67. The van der Waals surface area contributed by atoms with Crippen LogP contribution in [0.25, 0.3) is 0 Å². The summed E-state index contributed by atoms with van der Waals surface area (Å²) in [4.78, 5) is 14.6. The van der Waals surface area contributed by atoms with Gasteiger partial charge in [-0.25, -0.2) is 15.0 Å². The quantitative estimate of drug-likeness (QED) is 0.557. The summed E-state index contributed by atoms with van der Waals surface area (Å²) in [5, 5.41) is 0. The molecule has 2 rings (SSSR count). The van der Waals surface area contributed by atoms with E-state index in [0.29, 0.717) is 6.04 Å². The first-order valence-corrected chi connectivity index (χ1v) is 4.15. The number of fused-ring (bicyclic) bond motifs is 1. The van der Waals surface area contributed by atoms with Crippen molar-refractivity contribution in [3.63, 3.8) is 0 Å². The molecule has 2 aliphatic heterocycles. The molecule has 2 aliphatic rings. The first-order chi connectivity index (χ1) is 5.79. The van der Waals surface area contributed by atoms with Gasteiger partial charge in [-0.1, -0.05) is 0 Å². The minimum absolute atomic E-state index is 0.0462. The van der Waals surface area contributed by atoms with Gasteiger partial charge >= 0.3 is 0 Å². The average molecular weight is 164 g/mol. The van der Waals surface area contributed by atoms with Crippen LogP contribution in [-0.2, 0) is 0 Å². The van der Waals surface area contributed by atoms with Gasteiger partial charge < -0.3 is 4.90 Å². The van der Waals surface area contributed by atoms with E-state index in [2.05, 4.69) is 33.7 Å². The van der Waals surface area contributed by atoms with Crippen LogP contribution in [0.15, 0.2) is 15.0 Å². The third kappa shape index (κ3) is 1.03. The highest BCUT2D eigenvalue weighted by Gasteiger charge is 2.31. The number of hydrogen-bond acceptors (Lipinski definition) is 4. The zero-order chi connectivity index (χ0) is 8.55. The van der Waals surface area contributed by atoms with Gasteiger partial charge in [-0.05, 0) is 13.8 Å². The van der Waals surface area contributed by atoms with Gasteiger partial charge in [-0.2, -0.15) is 0 Å². The Morgan fingerprint density at radius 2 is 2.17 bits per heavy atom. The molecule has 2 heterocycles. The molecule has 0 N–H and O–H groups in total. The average Bonchev–Trinajstić information content (AvgIpc) is 2.47. The zero-order valence-corrected chi connectivity index (χ0v) is 7.25. The van der Waals surface area contributed by atoms with Crippen LogP contribution in [0.5, 0.6) is 0 Å². The SMILES string of the molecule is CC(C)N1C=NC2N=CN=CC21. The summed E-state index contributed by atoms with van der Waals surface area (Å²) in [6, 6.07) is 0.707. The molecule has 2 unspecified atom stereocenters. The fraction of sp³-hybridized carbons (Fsp3) is 0.625. The summed E-state index contributed by atoms with van der Waals surface area (Å²) in [5.41, 5.74) is 0. The lowest BCUT2D eigenvalue weighted by Crippen LogP contribution is -2.42. The Balaban J connectivity index is 2.18. The van der Waals surface area contributed by atoms with E-state index in [1.165, 1.54) is 0 Å². The van der Waals surface area contributed by atoms with E-state index < -0.39 is 0 Å². The fourth-order valence-electron chi connectivity index (χ4n) is 1.46. The molecule has 4 heteroatoms. The van der Waals surface area contributed by atoms with E-state index in [1.807, 2.05) is 12.6 Å². The first-order valence-electron chi connectivity index (χ1n) is 4.15. The van der Waals surface area contributed by atoms with Gasteiger partial charge in [0.1, 0.15) is 12.4 Å². The summed E-state index contributed by atoms with van der Waals surface area (Å²) in [6.07, 6.45) is 5.40. The topological polar surface area (TPSA) is 40.3 Å². The lowest BCUT2D eigenvalue weighted by atomic mass is 10.2. The highest BCUT2D eigenvalue weighted by Crippen LogP contribution is 2.17. The number of aliphatic imine (C=N–C) groups is 3. The lowest BCUT2D eigenvalue weighted by molar-refractivity contribution is 0.326. The van der Waals surface area contributed by atoms with Crippen molar-refractivity contribution in [1.82, 2.24) is 4.90 Å². The van der Waals surface area contributed by atoms with Gasteiger partial charge in [0.25, 0.3) is 0 Å². The van der Waals surface area contributed by atoms with Crippen molar-refractivity contribution in [2.45, 2.75) is 32.1 Å². The highest BCUT2D eigenvalue weighted by molar-refractivity contribution is 5.83. The Morgan fingerprint density at radius 3 is 2.92 bits per heavy atom. The minimum Gasteiger partial charge on any atom is -0.348 e. The van der Waals surface area contributed by atoms with Crippen molar-refractivity contribution in [2.75, 3.05) is 0 Å². The van der Waals surface area contributed by atoms with Crippen molar-refractivity contribution in [3.05, 3.63) is 0 Å². The van der Waals surface area contributed by atoms with Gasteiger partial charge in [-0.15, -0.1) is 0 Å². The molecule has 0 amide bonds. The third-order valence-electron chi connectivity index (χ3n) is 2.12. The second-order valence-corrected chi connectivity index (χ2v) is 3.27. The van der Waals surface area contributed by atoms with Crippen LogP contribution in [0.3, 0.4) is 0 Å². The maximum atomic E-state index is 4.27. The molecular weight excluding hydrogens is 152 g/mol. The van der Waals surface area contributed by atoms with E-state index in [-0.39, 0.29) is 12.2 Å². The predicted molar refractivity (Wildman–Crippen MR) is 50.0 cm³/mol. The van der Waals surface area contributed by atoms with Gasteiger partial charge in [0.2, 0.25) is 0 Å². The van der Waals surface area contributed by atoms with Gasteiger partial charge in [-0.3, -0.25) is 0 Å². The highest BCUT2D eigenvalue weighted by atomic mass is 15.3. The van der Waals surface area contributed by atoms with Crippen molar-refractivity contribution < 1.29 is 0 Å². The zero-order valence-electron chi connectivity index (χ0n) is 7.25. The Labute approximate surface area is 71.7 Å². The molecule has 0 aromatic rings. The van der Waals surface area contributed by atoms with Crippen LogP contribution >= 0.6 is 0 Å². The molecule has 0 fully saturated rings. The summed E-state index contributed by atoms with van der Waals surface area (Å²) in [6.45, 7) is 4.28. The van der Waals surface area contributed by atoms with Gasteiger partial charge in [0, 0.05) is 12.3 Å². The van der Waals surface area contributed by atoms with Crippen LogP contribution in [0.4, 0.5) is 0 Å². The Bertz CT molecular complexity index is 254. The number of nitrogens with zero attached hydrogens (tertiary/aromatic N) is 4. The fourth-order valence-corrected chi connectivity index (χ4v) is 1.46. The molecule has 2 atom stereocenters. The summed E-state index contributed by atoms with van der Waals surface area (Å²) < 4.78 is 0. The van der Waals surface area contributed by atoms with Crippen LogP contribution in [-0.4, -0.2) is 42.0 Å². The second kappa shape index (κ2) is 2.69. The van der Waals surface area contributed by atoms with Gasteiger partial charge in [0.15, 0.2) is 6.17 Å². The molecular formula is C8H12N4. The summed E-state index contributed by atoms with van der Waals surface area (Å²) in [5.74, 6) is 0. The Morgan fingerprint density at radius 1 is 1.33 bits per heavy atom. The third-order valence-corrected chi connectivity index (χ3v) is 2.12. The van der Waals surface area contributed by atoms with Crippen molar-refractivity contribution >= 4 is 18.9 Å². The number of hydrogen-bond donors (Lipinski definition) is 0. The monoisotopic (exact) mass is 164 g/mol. The lowest BCUT2D eigenvalue weighted by Gasteiger charge is -2.27. The Hall–Kier alpha value is -1.19. The van der Waals surface area contributed by atoms with Crippen molar-refractivity contribution in [3.8, 4) is 0 Å². The normalized spacial score (nSPS) is 31.8. The molecule has 0 aromatic heterocycles. The van der Waals surface area contributed by atoms with Crippen LogP contribution in [0.2, 0.25) is 0 Å². The summed E-state index contributed by atoms with van der Waals surface area (Å²) >= 11 is 0. The molecule has 0 bridgehead atoms. The molecule has 0 saturated carbocycles. The smallest absolute Gasteiger partial charge is 0.168 e. The largest absolute Gasteiger partial charge is 0.348 e. The van der Waals surface area contributed by atoms with E-state index >= 15 is 0 Å². The maximum absolute atomic E-state index is 4.27.